The van der Waals surface area contributed by atoms with E-state index >= 15 is 0 Å². The molecule has 1 aromatic heterocycles. The topological polar surface area (TPSA) is 166 Å². The highest BCUT2D eigenvalue weighted by atomic mass is 16.7. The molecular weight excluding hydrogens is 652 g/mol. The Balaban J connectivity index is 1.48. The van der Waals surface area contributed by atoms with Crippen LogP contribution in [0.1, 0.15) is 93.2 Å². The van der Waals surface area contributed by atoms with Crippen LogP contribution in [0.2, 0.25) is 0 Å². The largest absolute Gasteiger partial charge is 0.472 e. The molecule has 0 bridgehead atoms. The van der Waals surface area contributed by atoms with Gasteiger partial charge in [-0.25, -0.2) is 4.79 Å². The van der Waals surface area contributed by atoms with Gasteiger partial charge in [-0.3, -0.25) is 19.2 Å². The lowest BCUT2D eigenvalue weighted by Crippen LogP contribution is -2.81. The molecule has 15 unspecified atom stereocenters. The monoisotopic (exact) mass is 700 g/mol. The van der Waals surface area contributed by atoms with Crippen molar-refractivity contribution in [3.8, 4) is 0 Å². The van der Waals surface area contributed by atoms with Crippen LogP contribution in [0.15, 0.2) is 23.0 Å². The Morgan fingerprint density at radius 3 is 2.20 bits per heavy atom. The molecule has 0 radical (unpaired) electrons. The number of hydrogen-bond acceptors (Lipinski definition) is 13. The number of fused-ring (bicyclic) bond motifs is 2. The smallest absolute Gasteiger partial charge is 0.339 e. The van der Waals surface area contributed by atoms with Gasteiger partial charge in [-0.15, -0.1) is 0 Å². The molecule has 50 heavy (non-hydrogen) atoms. The van der Waals surface area contributed by atoms with Crippen molar-refractivity contribution < 1.29 is 61.5 Å². The molecular formula is C37H48O13. The lowest BCUT2D eigenvalue weighted by Gasteiger charge is -2.72. The van der Waals surface area contributed by atoms with Crippen molar-refractivity contribution in [3.05, 3.63) is 24.2 Å². The summed E-state index contributed by atoms with van der Waals surface area (Å²) in [6, 6.07) is 1.72. The van der Waals surface area contributed by atoms with Gasteiger partial charge in [0.05, 0.1) is 31.2 Å². The van der Waals surface area contributed by atoms with Crippen molar-refractivity contribution in [1.29, 1.82) is 0 Å². The van der Waals surface area contributed by atoms with E-state index in [-0.39, 0.29) is 31.3 Å². The second-order valence-corrected chi connectivity index (χ2v) is 16.4. The Hall–Kier alpha value is -3.45. The summed E-state index contributed by atoms with van der Waals surface area (Å²) >= 11 is 0. The molecule has 6 aliphatic rings. The van der Waals surface area contributed by atoms with Crippen LogP contribution in [0, 0.1) is 39.4 Å². The van der Waals surface area contributed by atoms with E-state index in [4.69, 9.17) is 37.6 Å². The minimum atomic E-state index is -1.30. The van der Waals surface area contributed by atoms with Crippen LogP contribution in [0.5, 0.6) is 0 Å². The number of furan rings is 1. The fraction of sp³-hybridized carbons (Fsp3) is 0.757. The summed E-state index contributed by atoms with van der Waals surface area (Å²) in [6.45, 7) is 15.7. The van der Waals surface area contributed by atoms with Crippen molar-refractivity contribution in [3.63, 3.8) is 0 Å². The molecule has 3 aliphatic carbocycles. The number of cyclic esters (lactones) is 1. The molecule has 13 nitrogen and oxygen atoms in total. The number of ether oxygens (including phenoxy) is 7. The van der Waals surface area contributed by atoms with Gasteiger partial charge in [-0.2, -0.15) is 0 Å². The van der Waals surface area contributed by atoms with E-state index in [9.17, 15) is 24.0 Å². The van der Waals surface area contributed by atoms with Crippen LogP contribution in [0.4, 0.5) is 0 Å². The molecule has 0 N–H and O–H groups in total. The van der Waals surface area contributed by atoms with Gasteiger partial charge in [-0.05, 0) is 18.9 Å². The van der Waals surface area contributed by atoms with Crippen molar-refractivity contribution >= 4 is 29.8 Å². The first-order chi connectivity index (χ1) is 23.4. The number of carbonyl (C=O) groups excluding carboxylic acids is 5. The molecule has 3 saturated carbocycles. The van der Waals surface area contributed by atoms with Gasteiger partial charge in [0.2, 0.25) is 0 Å². The minimum Gasteiger partial charge on any atom is -0.472 e. The average molecular weight is 701 g/mol. The summed E-state index contributed by atoms with van der Waals surface area (Å²) in [5.74, 6) is -4.16. The summed E-state index contributed by atoms with van der Waals surface area (Å²) in [5.41, 5.74) is -4.86. The molecule has 1 aromatic rings. The number of esters is 5. The first-order valence-corrected chi connectivity index (χ1v) is 17.7. The van der Waals surface area contributed by atoms with E-state index in [1.165, 1.54) is 33.3 Å². The Morgan fingerprint density at radius 2 is 1.60 bits per heavy atom. The fourth-order valence-electron chi connectivity index (χ4n) is 11.8. The summed E-state index contributed by atoms with van der Waals surface area (Å²) in [7, 11) is 0. The van der Waals surface area contributed by atoms with Gasteiger partial charge in [0.1, 0.15) is 36.1 Å². The molecule has 3 saturated heterocycles. The van der Waals surface area contributed by atoms with E-state index in [1.807, 2.05) is 34.6 Å². The highest BCUT2D eigenvalue weighted by Gasteiger charge is 2.92. The molecule has 0 aromatic carbocycles. The van der Waals surface area contributed by atoms with Gasteiger partial charge in [0, 0.05) is 66.3 Å². The molecule has 15 atom stereocenters. The van der Waals surface area contributed by atoms with Crippen molar-refractivity contribution in [1.82, 2.24) is 0 Å². The normalized spacial score (nSPS) is 47.2. The minimum absolute atomic E-state index is 0.149. The van der Waals surface area contributed by atoms with E-state index in [2.05, 4.69) is 0 Å². The summed E-state index contributed by atoms with van der Waals surface area (Å²) in [5, 5.41) is 0. The molecule has 7 rings (SSSR count). The molecule has 274 valence electrons. The van der Waals surface area contributed by atoms with Crippen LogP contribution >= 0.6 is 0 Å². The second-order valence-electron chi connectivity index (χ2n) is 16.4. The Morgan fingerprint density at radius 1 is 0.920 bits per heavy atom. The predicted molar refractivity (Wildman–Crippen MR) is 170 cm³/mol. The van der Waals surface area contributed by atoms with Crippen molar-refractivity contribution in [2.75, 3.05) is 6.61 Å². The van der Waals surface area contributed by atoms with Crippen LogP contribution in [-0.2, 0) is 57.1 Å². The SMILES string of the molecule is CCC(C)C(=O)OC1CC(OC(C)=O)C2(C)C3C(OCC13C)C(OC(C)=O)C1(C)C2C(OC(C)=O)CC2(C)C(c3ccoc3)OC(=O)C3OC321. The fourth-order valence-corrected chi connectivity index (χ4v) is 11.8. The standard InChI is InChI=1S/C37H48O13/c1-10-17(2)31(41)48-23-13-24(46-19(4)39)35(8)26-22(45-18(3)38)14-34(7)28(21-11-12-43-15-21)49-32(42)30-37(34,50-30)36(26,9)29(47-20(5)40)25-27(35)33(23,6)16-44-25/h11-12,15,17,22-30H,10,13-14,16H2,1-9H3. The third kappa shape index (κ3) is 4.34. The number of epoxide rings is 1. The number of carbonyl (C=O) groups is 5. The van der Waals surface area contributed by atoms with Crippen molar-refractivity contribution in [2.24, 2.45) is 39.4 Å². The first kappa shape index (κ1) is 35.0. The highest BCUT2D eigenvalue weighted by molar-refractivity contribution is 5.83. The lowest BCUT2D eigenvalue weighted by molar-refractivity contribution is -0.326. The van der Waals surface area contributed by atoms with Crippen molar-refractivity contribution in [2.45, 2.75) is 130 Å². The van der Waals surface area contributed by atoms with Gasteiger partial charge >= 0.3 is 29.8 Å². The molecule has 4 heterocycles. The Bertz CT molecular complexity index is 1610. The highest BCUT2D eigenvalue weighted by Crippen LogP contribution is 2.81. The molecule has 6 fully saturated rings. The van der Waals surface area contributed by atoms with Gasteiger partial charge in [0.15, 0.2) is 6.10 Å². The third-order valence-electron chi connectivity index (χ3n) is 13.7. The van der Waals surface area contributed by atoms with E-state index < -0.39 is 106 Å². The summed E-state index contributed by atoms with van der Waals surface area (Å²) < 4.78 is 50.1. The van der Waals surface area contributed by atoms with Crippen LogP contribution in [0.3, 0.4) is 0 Å². The van der Waals surface area contributed by atoms with Gasteiger partial charge in [-0.1, -0.05) is 41.5 Å². The zero-order valence-electron chi connectivity index (χ0n) is 30.1. The summed E-state index contributed by atoms with van der Waals surface area (Å²) in [4.78, 5) is 66.3. The molecule has 0 amide bonds. The van der Waals surface area contributed by atoms with Gasteiger partial charge < -0.3 is 37.6 Å². The van der Waals surface area contributed by atoms with E-state index in [0.29, 0.717) is 12.0 Å². The zero-order valence-corrected chi connectivity index (χ0v) is 30.1. The molecule has 3 aliphatic heterocycles. The second kappa shape index (κ2) is 11.3. The van der Waals surface area contributed by atoms with Gasteiger partial charge in [0.25, 0.3) is 0 Å². The maximum atomic E-state index is 13.8. The van der Waals surface area contributed by atoms with E-state index in [0.717, 1.165) is 0 Å². The third-order valence-corrected chi connectivity index (χ3v) is 13.7. The lowest BCUT2D eigenvalue weighted by atomic mass is 9.33. The van der Waals surface area contributed by atoms with Crippen LogP contribution in [-0.4, -0.2) is 78.7 Å². The number of rotatable bonds is 7. The maximum Gasteiger partial charge on any atom is 0.339 e. The predicted octanol–water partition coefficient (Wildman–Crippen LogP) is 4.25. The number of hydrogen-bond donors (Lipinski definition) is 0. The first-order valence-electron chi connectivity index (χ1n) is 17.7. The quantitative estimate of drug-likeness (QED) is 0.225. The van der Waals surface area contributed by atoms with Crippen LogP contribution < -0.4 is 0 Å². The molecule has 1 spiro atoms. The maximum absolute atomic E-state index is 13.8. The Kier molecular flexibility index (Phi) is 7.89. The average Bonchev–Trinajstić information content (AvgIpc) is 3.40. The van der Waals surface area contributed by atoms with E-state index in [1.54, 1.807) is 13.0 Å². The van der Waals surface area contributed by atoms with Crippen LogP contribution in [0.25, 0.3) is 0 Å². The Labute approximate surface area is 291 Å². The summed E-state index contributed by atoms with van der Waals surface area (Å²) in [6.07, 6.45) is -2.17. The zero-order chi connectivity index (χ0) is 36.3. The molecule has 13 heteroatoms.